The van der Waals surface area contributed by atoms with E-state index in [2.05, 4.69) is 43.3 Å². The predicted molar refractivity (Wildman–Crippen MR) is 109 cm³/mol. The summed E-state index contributed by atoms with van der Waals surface area (Å²) in [6.07, 6.45) is 2.03. The van der Waals surface area contributed by atoms with Crippen LogP contribution in [0.5, 0.6) is 0 Å². The molecule has 3 fully saturated rings. The van der Waals surface area contributed by atoms with Crippen molar-refractivity contribution in [1.82, 2.24) is 4.90 Å². The van der Waals surface area contributed by atoms with Crippen LogP contribution in [0.2, 0.25) is 0 Å². The second kappa shape index (κ2) is 7.78. The normalized spacial score (nSPS) is 28.0. The fourth-order valence-corrected chi connectivity index (χ4v) is 5.05. The van der Waals surface area contributed by atoms with E-state index in [1.807, 2.05) is 30.3 Å². The summed E-state index contributed by atoms with van der Waals surface area (Å²) in [6.45, 7) is 11.0. The number of nitrogens with zero attached hydrogens (tertiary/aromatic N) is 1. The van der Waals surface area contributed by atoms with Crippen LogP contribution in [0, 0.1) is 23.2 Å². The number of carbonyl (C=O) groups excluding carboxylic acids is 2. The van der Waals surface area contributed by atoms with Crippen molar-refractivity contribution in [2.24, 2.45) is 23.2 Å². The Kier molecular flexibility index (Phi) is 5.80. The molecule has 3 aliphatic carbocycles. The van der Waals surface area contributed by atoms with Gasteiger partial charge in [0.25, 0.3) is 0 Å². The molecule has 146 valence electrons. The monoisotopic (exact) mass is 433 g/mol. The molecule has 5 heteroatoms. The van der Waals surface area contributed by atoms with Gasteiger partial charge in [-0.25, -0.2) is 4.79 Å². The molecule has 0 saturated heterocycles. The molecule has 0 aromatic heterocycles. The highest BCUT2D eigenvalue weighted by atomic mass is 79.9. The lowest BCUT2D eigenvalue weighted by molar-refractivity contribution is -0.184. The molecule has 0 aliphatic heterocycles. The third-order valence-electron chi connectivity index (χ3n) is 6.70. The van der Waals surface area contributed by atoms with Crippen molar-refractivity contribution in [3.8, 4) is 0 Å². The first-order valence-electron chi connectivity index (χ1n) is 9.55. The summed E-state index contributed by atoms with van der Waals surface area (Å²) in [7, 11) is 0. The number of benzene rings is 1. The van der Waals surface area contributed by atoms with E-state index in [1.54, 1.807) is 0 Å². The van der Waals surface area contributed by atoms with Crippen molar-refractivity contribution in [2.75, 3.05) is 5.33 Å². The SMILES string of the molecule is C=C(C(=O)OC1C[C@H]2C[C@@H](C1C)C2(C)C)N(Cc1ccccc1)C(=O)CBr. The lowest BCUT2D eigenvalue weighted by Gasteiger charge is -2.61. The number of alkyl halides is 1. The summed E-state index contributed by atoms with van der Waals surface area (Å²) in [4.78, 5) is 26.5. The Hall–Kier alpha value is -1.62. The Morgan fingerprint density at radius 1 is 1.26 bits per heavy atom. The highest BCUT2D eigenvalue weighted by Crippen LogP contribution is 2.61. The second-order valence-corrected chi connectivity index (χ2v) is 9.01. The summed E-state index contributed by atoms with van der Waals surface area (Å²) in [5.74, 6) is 0.829. The smallest absolute Gasteiger partial charge is 0.354 e. The van der Waals surface area contributed by atoms with Crippen LogP contribution in [0.4, 0.5) is 0 Å². The van der Waals surface area contributed by atoms with E-state index in [4.69, 9.17) is 4.74 Å². The minimum atomic E-state index is -0.490. The molecule has 0 spiro atoms. The predicted octanol–water partition coefficient (Wildman–Crippen LogP) is 4.54. The quantitative estimate of drug-likeness (QED) is 0.375. The molecule has 4 nitrogen and oxygen atoms in total. The van der Waals surface area contributed by atoms with Crippen molar-refractivity contribution < 1.29 is 14.3 Å². The van der Waals surface area contributed by atoms with Crippen LogP contribution in [-0.4, -0.2) is 28.2 Å². The highest BCUT2D eigenvalue weighted by molar-refractivity contribution is 9.09. The molecular formula is C22H28BrNO3. The van der Waals surface area contributed by atoms with Gasteiger partial charge in [-0.15, -0.1) is 0 Å². The number of halogens is 1. The van der Waals surface area contributed by atoms with E-state index in [-0.39, 0.29) is 23.0 Å². The van der Waals surface area contributed by atoms with Crippen molar-refractivity contribution >= 4 is 27.8 Å². The van der Waals surface area contributed by atoms with E-state index < -0.39 is 5.97 Å². The van der Waals surface area contributed by atoms with Crippen molar-refractivity contribution in [1.29, 1.82) is 0 Å². The highest BCUT2D eigenvalue weighted by Gasteiger charge is 2.57. The number of hydrogen-bond acceptors (Lipinski definition) is 3. The number of fused-ring (bicyclic) bond motifs is 2. The largest absolute Gasteiger partial charge is 0.457 e. The maximum Gasteiger partial charge on any atom is 0.354 e. The van der Waals surface area contributed by atoms with Gasteiger partial charge in [-0.3, -0.25) is 4.79 Å². The first kappa shape index (κ1) is 20.1. The molecule has 1 aromatic rings. The molecule has 0 radical (unpaired) electrons. The molecule has 1 amide bonds. The van der Waals surface area contributed by atoms with E-state index >= 15 is 0 Å². The summed E-state index contributed by atoms with van der Waals surface area (Å²) >= 11 is 3.20. The Bertz CT molecular complexity index is 730. The maximum absolute atomic E-state index is 12.8. The van der Waals surface area contributed by atoms with E-state index in [9.17, 15) is 9.59 Å². The van der Waals surface area contributed by atoms with Crippen molar-refractivity contribution in [2.45, 2.75) is 46.3 Å². The fraction of sp³-hybridized carbons (Fsp3) is 0.545. The average Bonchev–Trinajstić information content (AvgIpc) is 2.66. The van der Waals surface area contributed by atoms with Gasteiger partial charge >= 0.3 is 5.97 Å². The van der Waals surface area contributed by atoms with Gasteiger partial charge in [0.2, 0.25) is 5.91 Å². The molecule has 1 aromatic carbocycles. The molecule has 27 heavy (non-hydrogen) atoms. The third kappa shape index (κ3) is 3.84. The molecular weight excluding hydrogens is 406 g/mol. The number of hydrogen-bond donors (Lipinski definition) is 0. The van der Waals surface area contributed by atoms with Crippen LogP contribution < -0.4 is 0 Å². The fourth-order valence-electron chi connectivity index (χ4n) is 4.75. The van der Waals surface area contributed by atoms with Crippen molar-refractivity contribution in [3.05, 3.63) is 48.2 Å². The first-order chi connectivity index (χ1) is 12.8. The summed E-state index contributed by atoms with van der Waals surface area (Å²) < 4.78 is 5.83. The van der Waals surface area contributed by atoms with Crippen LogP contribution in [0.25, 0.3) is 0 Å². The number of rotatable bonds is 6. The molecule has 2 bridgehead atoms. The van der Waals surface area contributed by atoms with E-state index in [1.165, 1.54) is 11.3 Å². The third-order valence-corrected chi connectivity index (χ3v) is 7.18. The summed E-state index contributed by atoms with van der Waals surface area (Å²) in [5.41, 5.74) is 1.38. The molecule has 0 heterocycles. The zero-order valence-electron chi connectivity index (χ0n) is 16.3. The van der Waals surface area contributed by atoms with Gasteiger partial charge in [0.1, 0.15) is 11.8 Å². The zero-order chi connectivity index (χ0) is 19.8. The topological polar surface area (TPSA) is 46.6 Å². The van der Waals surface area contributed by atoms with Gasteiger partial charge in [-0.1, -0.05) is 73.6 Å². The maximum atomic E-state index is 12.8. The summed E-state index contributed by atoms with van der Waals surface area (Å²) in [5, 5.41) is 0.129. The lowest BCUT2D eigenvalue weighted by Crippen LogP contribution is -2.57. The van der Waals surface area contributed by atoms with E-state index in [0.717, 1.165) is 12.0 Å². The minimum absolute atomic E-state index is 0.0938. The minimum Gasteiger partial charge on any atom is -0.457 e. The van der Waals surface area contributed by atoms with Crippen LogP contribution >= 0.6 is 15.9 Å². The van der Waals surface area contributed by atoms with Crippen LogP contribution in [0.1, 0.15) is 39.2 Å². The molecule has 3 saturated carbocycles. The number of carbonyl (C=O) groups is 2. The number of esters is 1. The Morgan fingerprint density at radius 3 is 2.48 bits per heavy atom. The summed E-state index contributed by atoms with van der Waals surface area (Å²) in [6, 6.07) is 9.58. The Morgan fingerprint density at radius 2 is 1.93 bits per heavy atom. The molecule has 4 atom stereocenters. The van der Waals surface area contributed by atoms with Crippen molar-refractivity contribution in [3.63, 3.8) is 0 Å². The van der Waals surface area contributed by atoms with Crippen LogP contribution in [0.15, 0.2) is 42.6 Å². The number of amides is 1. The molecule has 4 rings (SSSR count). The van der Waals surface area contributed by atoms with Crippen LogP contribution in [0.3, 0.4) is 0 Å². The van der Waals surface area contributed by atoms with Gasteiger partial charge in [-0.05, 0) is 41.6 Å². The van der Waals surface area contributed by atoms with Crippen LogP contribution in [-0.2, 0) is 20.9 Å². The lowest BCUT2D eigenvalue weighted by atomic mass is 9.45. The molecule has 3 aliphatic rings. The standard InChI is InChI=1S/C22H28BrNO3/c1-14-18-10-17(22(18,3)4)11-19(14)27-21(26)15(2)24(20(25)12-23)13-16-8-6-5-7-9-16/h5-9,14,17-19H,2,10-13H2,1,3-4H3/t14?,17-,18+,19?/m1/s1. The van der Waals surface area contributed by atoms with Gasteiger partial charge < -0.3 is 9.64 Å². The second-order valence-electron chi connectivity index (χ2n) is 8.44. The Balaban J connectivity index is 1.67. The van der Waals surface area contributed by atoms with E-state index in [0.29, 0.717) is 29.7 Å². The van der Waals surface area contributed by atoms with Gasteiger partial charge in [0.05, 0.1) is 11.9 Å². The zero-order valence-corrected chi connectivity index (χ0v) is 17.9. The van der Waals surface area contributed by atoms with Gasteiger partial charge in [0, 0.05) is 0 Å². The van der Waals surface area contributed by atoms with Gasteiger partial charge in [-0.2, -0.15) is 0 Å². The molecule has 2 unspecified atom stereocenters. The number of ether oxygens (including phenoxy) is 1. The average molecular weight is 434 g/mol. The van der Waals surface area contributed by atoms with Gasteiger partial charge in [0.15, 0.2) is 0 Å². The first-order valence-corrected chi connectivity index (χ1v) is 10.7. The molecule has 0 N–H and O–H groups in total. The Labute approximate surface area is 170 Å².